The van der Waals surface area contributed by atoms with E-state index in [4.69, 9.17) is 4.74 Å². The lowest BCUT2D eigenvalue weighted by Crippen LogP contribution is -2.00. The lowest BCUT2D eigenvalue weighted by atomic mass is 10.0. The molecule has 1 aromatic heterocycles. The molecule has 1 unspecified atom stereocenters. The fourth-order valence-electron chi connectivity index (χ4n) is 2.44. The number of aliphatic hydroxyl groups is 1. The molecule has 1 aliphatic rings. The Hall–Kier alpha value is -1.87. The number of ether oxygens (including phenoxy) is 1. The molecule has 0 fully saturated rings. The van der Waals surface area contributed by atoms with Gasteiger partial charge >= 0.3 is 0 Å². The van der Waals surface area contributed by atoms with Gasteiger partial charge in [0.1, 0.15) is 5.75 Å². The van der Waals surface area contributed by atoms with Gasteiger partial charge in [-0.25, -0.2) is 0 Å². The highest BCUT2D eigenvalue weighted by Crippen LogP contribution is 2.27. The number of pyridine rings is 1. The van der Waals surface area contributed by atoms with Crippen molar-refractivity contribution in [1.82, 2.24) is 4.98 Å². The predicted octanol–water partition coefficient (Wildman–Crippen LogP) is 2.68. The summed E-state index contributed by atoms with van der Waals surface area (Å²) in [7, 11) is 0. The molecule has 0 saturated heterocycles. The van der Waals surface area contributed by atoms with E-state index in [1.54, 1.807) is 12.4 Å². The molecular weight excluding hydrogens is 238 g/mol. The number of aryl methyl sites for hydroxylation is 1. The van der Waals surface area contributed by atoms with Crippen LogP contribution in [0.2, 0.25) is 0 Å². The second-order valence-electron chi connectivity index (χ2n) is 4.88. The minimum absolute atomic E-state index is 0.446. The number of aromatic nitrogens is 1. The summed E-state index contributed by atoms with van der Waals surface area (Å²) in [4.78, 5) is 4.03. The van der Waals surface area contributed by atoms with Crippen LogP contribution < -0.4 is 4.74 Å². The molecule has 98 valence electrons. The van der Waals surface area contributed by atoms with Gasteiger partial charge in [-0.1, -0.05) is 18.2 Å². The van der Waals surface area contributed by atoms with Gasteiger partial charge in [0, 0.05) is 18.8 Å². The molecule has 0 amide bonds. The molecule has 19 heavy (non-hydrogen) atoms. The maximum atomic E-state index is 10.1. The Balaban J connectivity index is 1.63. The van der Waals surface area contributed by atoms with Crippen molar-refractivity contribution in [3.05, 3.63) is 59.4 Å². The summed E-state index contributed by atoms with van der Waals surface area (Å²) in [6, 6.07) is 10.1. The molecule has 3 nitrogen and oxygen atoms in total. The monoisotopic (exact) mass is 255 g/mol. The van der Waals surface area contributed by atoms with Gasteiger partial charge in [-0.15, -0.1) is 0 Å². The molecule has 1 N–H and O–H groups in total. The highest BCUT2D eigenvalue weighted by Gasteiger charge is 2.13. The van der Waals surface area contributed by atoms with Crippen LogP contribution in [0.25, 0.3) is 0 Å². The van der Waals surface area contributed by atoms with Gasteiger partial charge in [0.2, 0.25) is 0 Å². The first kappa shape index (κ1) is 12.2. The van der Waals surface area contributed by atoms with E-state index in [2.05, 4.69) is 17.1 Å². The van der Waals surface area contributed by atoms with Gasteiger partial charge in [-0.05, 0) is 41.7 Å². The fraction of sp³-hybridized carbons (Fsp3) is 0.312. The largest absolute Gasteiger partial charge is 0.493 e. The number of aliphatic hydroxyl groups excluding tert-OH is 1. The summed E-state index contributed by atoms with van der Waals surface area (Å²) in [6.45, 7) is 0.789. The lowest BCUT2D eigenvalue weighted by Gasteiger charge is -2.10. The Kier molecular flexibility index (Phi) is 3.47. The first-order chi connectivity index (χ1) is 9.33. The van der Waals surface area contributed by atoms with Crippen molar-refractivity contribution in [1.29, 1.82) is 0 Å². The number of benzene rings is 1. The average Bonchev–Trinajstić information content (AvgIpc) is 2.93. The van der Waals surface area contributed by atoms with Crippen molar-refractivity contribution in [3.63, 3.8) is 0 Å². The molecule has 0 aliphatic carbocycles. The van der Waals surface area contributed by atoms with Gasteiger partial charge in [-0.2, -0.15) is 0 Å². The van der Waals surface area contributed by atoms with Crippen LogP contribution >= 0.6 is 0 Å². The molecule has 1 aliphatic heterocycles. The lowest BCUT2D eigenvalue weighted by molar-refractivity contribution is 0.167. The van der Waals surface area contributed by atoms with Crippen LogP contribution in [-0.4, -0.2) is 16.7 Å². The molecule has 3 rings (SSSR count). The van der Waals surface area contributed by atoms with Crippen LogP contribution in [0.15, 0.2) is 42.7 Å². The first-order valence-electron chi connectivity index (χ1n) is 6.65. The number of hydrogen-bond donors (Lipinski definition) is 1. The third-order valence-corrected chi connectivity index (χ3v) is 3.53. The van der Waals surface area contributed by atoms with Gasteiger partial charge in [-0.3, -0.25) is 4.98 Å². The smallest absolute Gasteiger partial charge is 0.122 e. The molecule has 3 heteroatoms. The average molecular weight is 255 g/mol. The van der Waals surface area contributed by atoms with Gasteiger partial charge in [0.05, 0.1) is 12.7 Å². The Labute approximate surface area is 112 Å². The van der Waals surface area contributed by atoms with E-state index in [0.717, 1.165) is 30.8 Å². The first-order valence-corrected chi connectivity index (χ1v) is 6.65. The number of rotatable bonds is 4. The van der Waals surface area contributed by atoms with E-state index in [1.807, 2.05) is 18.2 Å². The zero-order valence-corrected chi connectivity index (χ0v) is 10.7. The third-order valence-electron chi connectivity index (χ3n) is 3.53. The van der Waals surface area contributed by atoms with Crippen molar-refractivity contribution in [2.45, 2.75) is 25.4 Å². The third kappa shape index (κ3) is 2.76. The van der Waals surface area contributed by atoms with Crippen LogP contribution in [0.5, 0.6) is 5.75 Å². The Morgan fingerprint density at radius 3 is 3.11 bits per heavy atom. The molecule has 1 atom stereocenters. The van der Waals surface area contributed by atoms with Crippen molar-refractivity contribution in [3.8, 4) is 5.75 Å². The van der Waals surface area contributed by atoms with Crippen molar-refractivity contribution in [2.75, 3.05) is 6.61 Å². The normalized spacial score (nSPS) is 14.8. The van der Waals surface area contributed by atoms with Gasteiger partial charge < -0.3 is 9.84 Å². The van der Waals surface area contributed by atoms with E-state index in [0.29, 0.717) is 6.42 Å². The van der Waals surface area contributed by atoms with E-state index in [9.17, 15) is 5.11 Å². The minimum Gasteiger partial charge on any atom is -0.493 e. The molecule has 2 heterocycles. The van der Waals surface area contributed by atoms with E-state index >= 15 is 0 Å². The summed E-state index contributed by atoms with van der Waals surface area (Å²) in [5.74, 6) is 1.01. The zero-order valence-electron chi connectivity index (χ0n) is 10.7. The molecule has 0 bridgehead atoms. The Morgan fingerprint density at radius 1 is 1.32 bits per heavy atom. The van der Waals surface area contributed by atoms with Crippen LogP contribution in [0.1, 0.15) is 29.2 Å². The molecule has 2 aromatic rings. The van der Waals surface area contributed by atoms with E-state index < -0.39 is 6.10 Å². The summed E-state index contributed by atoms with van der Waals surface area (Å²) < 4.78 is 5.49. The molecule has 1 aromatic carbocycles. The maximum Gasteiger partial charge on any atom is 0.122 e. The maximum absolute atomic E-state index is 10.1. The standard InChI is InChI=1S/C16H17NO2/c18-15(14-2-1-8-17-11-14)5-3-12-4-6-16-13(10-12)7-9-19-16/h1-2,4,6,8,10-11,15,18H,3,5,7,9H2. The van der Waals surface area contributed by atoms with Crippen LogP contribution in [-0.2, 0) is 12.8 Å². The van der Waals surface area contributed by atoms with Crippen LogP contribution in [0.4, 0.5) is 0 Å². The molecule has 0 spiro atoms. The van der Waals surface area contributed by atoms with E-state index in [-0.39, 0.29) is 0 Å². The second-order valence-corrected chi connectivity index (χ2v) is 4.88. The van der Waals surface area contributed by atoms with Gasteiger partial charge in [0.15, 0.2) is 0 Å². The predicted molar refractivity (Wildman–Crippen MR) is 73.2 cm³/mol. The van der Waals surface area contributed by atoms with Crippen molar-refractivity contribution in [2.24, 2.45) is 0 Å². The molecular formula is C16H17NO2. The summed E-state index contributed by atoms with van der Waals surface area (Å²) in [5, 5.41) is 10.1. The molecule has 0 radical (unpaired) electrons. The Bertz CT molecular complexity index is 554. The summed E-state index contributed by atoms with van der Waals surface area (Å²) >= 11 is 0. The highest BCUT2D eigenvalue weighted by molar-refractivity contribution is 5.39. The molecule has 0 saturated carbocycles. The second kappa shape index (κ2) is 5.41. The highest BCUT2D eigenvalue weighted by atomic mass is 16.5. The van der Waals surface area contributed by atoms with Crippen LogP contribution in [0.3, 0.4) is 0 Å². The minimum atomic E-state index is -0.446. The topological polar surface area (TPSA) is 42.4 Å². The van der Waals surface area contributed by atoms with Crippen LogP contribution in [0, 0.1) is 0 Å². The van der Waals surface area contributed by atoms with Gasteiger partial charge in [0.25, 0.3) is 0 Å². The summed E-state index contributed by atoms with van der Waals surface area (Å²) in [5.41, 5.74) is 3.42. The van der Waals surface area contributed by atoms with Crippen molar-refractivity contribution < 1.29 is 9.84 Å². The zero-order chi connectivity index (χ0) is 13.1. The number of hydrogen-bond acceptors (Lipinski definition) is 3. The van der Waals surface area contributed by atoms with Crippen molar-refractivity contribution >= 4 is 0 Å². The SMILES string of the molecule is OC(CCc1ccc2c(c1)CCO2)c1cccnc1. The Morgan fingerprint density at radius 2 is 2.26 bits per heavy atom. The quantitative estimate of drug-likeness (QED) is 0.913. The fourth-order valence-corrected chi connectivity index (χ4v) is 2.44. The summed E-state index contributed by atoms with van der Waals surface area (Å²) in [6.07, 6.45) is 5.57. The van der Waals surface area contributed by atoms with E-state index in [1.165, 1.54) is 11.1 Å². The number of nitrogens with zero attached hydrogens (tertiary/aromatic N) is 1. The number of fused-ring (bicyclic) bond motifs is 1.